The van der Waals surface area contributed by atoms with Crippen LogP contribution in [0.2, 0.25) is 0 Å². The molecule has 4 saturated carbocycles. The molecule has 0 saturated heterocycles. The zero-order chi connectivity index (χ0) is 19.0. The standard InChI is InChI=1S/C21H31N3O2S/c1-3-4-5-24(12-18(25)23-20-22-14(2)13-27-20)19(26)21-9-15-6-16(10-21)8-17(7-15)11-21/h13,15-17H,3-12H2,1-2H3,(H,22,23,25). The van der Waals surface area contributed by atoms with Crippen LogP contribution in [0.3, 0.4) is 0 Å². The first kappa shape index (κ1) is 18.9. The number of thiazole rings is 1. The Kier molecular flexibility index (Phi) is 5.28. The Balaban J connectivity index is 1.46. The van der Waals surface area contributed by atoms with E-state index in [0.29, 0.717) is 11.7 Å². The van der Waals surface area contributed by atoms with Gasteiger partial charge in [-0.15, -0.1) is 11.3 Å². The fourth-order valence-electron chi connectivity index (χ4n) is 6.05. The van der Waals surface area contributed by atoms with Gasteiger partial charge in [0.2, 0.25) is 11.8 Å². The Bertz CT molecular complexity index is 679. The Morgan fingerprint density at radius 1 is 1.22 bits per heavy atom. The second-order valence-corrected chi connectivity index (χ2v) is 9.98. The van der Waals surface area contributed by atoms with Crippen LogP contribution in [0.4, 0.5) is 5.13 Å². The van der Waals surface area contributed by atoms with Gasteiger partial charge in [0.15, 0.2) is 5.13 Å². The van der Waals surface area contributed by atoms with Crippen molar-refractivity contribution in [1.29, 1.82) is 0 Å². The molecule has 5 nitrogen and oxygen atoms in total. The van der Waals surface area contributed by atoms with Crippen molar-refractivity contribution < 1.29 is 9.59 Å². The zero-order valence-corrected chi connectivity index (χ0v) is 17.3. The molecule has 0 atom stereocenters. The molecule has 0 radical (unpaired) electrons. The van der Waals surface area contributed by atoms with E-state index >= 15 is 0 Å². The van der Waals surface area contributed by atoms with Gasteiger partial charge in [0, 0.05) is 11.9 Å². The van der Waals surface area contributed by atoms with Gasteiger partial charge in [-0.3, -0.25) is 9.59 Å². The molecule has 1 N–H and O–H groups in total. The summed E-state index contributed by atoms with van der Waals surface area (Å²) in [4.78, 5) is 32.4. The second-order valence-electron chi connectivity index (χ2n) is 9.12. The van der Waals surface area contributed by atoms with Crippen LogP contribution in [0.25, 0.3) is 0 Å². The van der Waals surface area contributed by atoms with Crippen molar-refractivity contribution in [2.24, 2.45) is 23.2 Å². The first-order valence-electron chi connectivity index (χ1n) is 10.5. The smallest absolute Gasteiger partial charge is 0.245 e. The summed E-state index contributed by atoms with van der Waals surface area (Å²) in [5, 5.41) is 5.42. The van der Waals surface area contributed by atoms with E-state index < -0.39 is 0 Å². The number of nitrogens with one attached hydrogen (secondary N) is 1. The summed E-state index contributed by atoms with van der Waals surface area (Å²) in [6.45, 7) is 4.88. The lowest BCUT2D eigenvalue weighted by atomic mass is 9.49. The maximum absolute atomic E-state index is 13.6. The monoisotopic (exact) mass is 389 g/mol. The van der Waals surface area contributed by atoms with Gasteiger partial charge in [-0.05, 0) is 69.6 Å². The van der Waals surface area contributed by atoms with Crippen LogP contribution in [-0.4, -0.2) is 34.8 Å². The van der Waals surface area contributed by atoms with Crippen molar-refractivity contribution in [3.63, 3.8) is 0 Å². The minimum Gasteiger partial charge on any atom is -0.333 e. The maximum atomic E-state index is 13.6. The number of aromatic nitrogens is 1. The average molecular weight is 390 g/mol. The van der Waals surface area contributed by atoms with E-state index in [1.165, 1.54) is 30.6 Å². The third-order valence-corrected chi connectivity index (χ3v) is 7.64. The number of hydrogen-bond donors (Lipinski definition) is 1. The van der Waals surface area contributed by atoms with E-state index in [1.54, 1.807) is 0 Å². The molecule has 4 aliphatic rings. The topological polar surface area (TPSA) is 62.3 Å². The third kappa shape index (κ3) is 3.91. The first-order chi connectivity index (χ1) is 13.0. The van der Waals surface area contributed by atoms with E-state index in [4.69, 9.17) is 0 Å². The maximum Gasteiger partial charge on any atom is 0.245 e. The molecule has 0 spiro atoms. The Labute approximate surface area is 165 Å². The summed E-state index contributed by atoms with van der Waals surface area (Å²) >= 11 is 1.43. The SMILES string of the molecule is CCCCN(CC(=O)Nc1nc(C)cs1)C(=O)C12CC3CC(CC(C3)C1)C2. The lowest BCUT2D eigenvalue weighted by Gasteiger charge is -2.56. The van der Waals surface area contributed by atoms with Gasteiger partial charge in [-0.25, -0.2) is 4.98 Å². The Morgan fingerprint density at radius 3 is 2.37 bits per heavy atom. The van der Waals surface area contributed by atoms with Gasteiger partial charge in [0.05, 0.1) is 17.7 Å². The predicted molar refractivity (Wildman–Crippen MR) is 108 cm³/mol. The second kappa shape index (κ2) is 7.53. The van der Waals surface area contributed by atoms with Gasteiger partial charge in [-0.1, -0.05) is 13.3 Å². The summed E-state index contributed by atoms with van der Waals surface area (Å²) < 4.78 is 0. The van der Waals surface area contributed by atoms with Crippen molar-refractivity contribution in [1.82, 2.24) is 9.88 Å². The molecule has 27 heavy (non-hydrogen) atoms. The number of hydrogen-bond acceptors (Lipinski definition) is 4. The minimum atomic E-state index is -0.180. The van der Waals surface area contributed by atoms with Crippen LogP contribution >= 0.6 is 11.3 Å². The zero-order valence-electron chi connectivity index (χ0n) is 16.5. The average Bonchev–Trinajstić information content (AvgIpc) is 3.01. The molecule has 1 heterocycles. The van der Waals surface area contributed by atoms with E-state index in [0.717, 1.165) is 55.6 Å². The van der Waals surface area contributed by atoms with Crippen molar-refractivity contribution in [2.45, 2.75) is 65.2 Å². The van der Waals surface area contributed by atoms with Gasteiger partial charge in [0.25, 0.3) is 0 Å². The molecule has 0 aliphatic heterocycles. The summed E-state index contributed by atoms with van der Waals surface area (Å²) in [7, 11) is 0. The van der Waals surface area contributed by atoms with Gasteiger partial charge < -0.3 is 10.2 Å². The molecule has 4 aliphatic carbocycles. The summed E-state index contributed by atoms with van der Waals surface area (Å²) in [5.41, 5.74) is 0.725. The number of anilines is 1. The highest BCUT2D eigenvalue weighted by molar-refractivity contribution is 7.13. The molecule has 0 unspecified atom stereocenters. The van der Waals surface area contributed by atoms with Crippen molar-refractivity contribution >= 4 is 28.3 Å². The fourth-order valence-corrected chi connectivity index (χ4v) is 6.76. The lowest BCUT2D eigenvalue weighted by molar-refractivity contribution is -0.158. The largest absolute Gasteiger partial charge is 0.333 e. The highest BCUT2D eigenvalue weighted by atomic mass is 32.1. The molecule has 1 aromatic rings. The minimum absolute atomic E-state index is 0.126. The van der Waals surface area contributed by atoms with E-state index in [9.17, 15) is 9.59 Å². The number of amides is 2. The van der Waals surface area contributed by atoms with Crippen LogP contribution in [0, 0.1) is 30.1 Å². The molecular formula is C21H31N3O2S. The van der Waals surface area contributed by atoms with Crippen LogP contribution in [0.5, 0.6) is 0 Å². The van der Waals surface area contributed by atoms with Crippen LogP contribution in [-0.2, 0) is 9.59 Å². The molecular weight excluding hydrogens is 358 g/mol. The lowest BCUT2D eigenvalue weighted by Crippen LogP contribution is -2.55. The predicted octanol–water partition coefficient (Wildman–Crippen LogP) is 4.24. The molecule has 148 valence electrons. The molecule has 4 bridgehead atoms. The van der Waals surface area contributed by atoms with Crippen LogP contribution in [0.1, 0.15) is 64.0 Å². The Morgan fingerprint density at radius 2 is 1.85 bits per heavy atom. The molecule has 2 amide bonds. The van der Waals surface area contributed by atoms with Gasteiger partial charge >= 0.3 is 0 Å². The molecule has 5 rings (SSSR count). The third-order valence-electron chi connectivity index (χ3n) is 6.76. The molecule has 4 fully saturated rings. The fraction of sp³-hybridized carbons (Fsp3) is 0.762. The highest BCUT2D eigenvalue weighted by Gasteiger charge is 2.55. The normalized spacial score (nSPS) is 31.1. The molecule has 6 heteroatoms. The van der Waals surface area contributed by atoms with Gasteiger partial charge in [-0.2, -0.15) is 0 Å². The van der Waals surface area contributed by atoms with Crippen LogP contribution in [0.15, 0.2) is 5.38 Å². The van der Waals surface area contributed by atoms with Crippen molar-refractivity contribution in [3.05, 3.63) is 11.1 Å². The van der Waals surface area contributed by atoms with E-state index in [-0.39, 0.29) is 23.8 Å². The number of carbonyl (C=O) groups is 2. The quantitative estimate of drug-likeness (QED) is 0.759. The first-order valence-corrected chi connectivity index (χ1v) is 11.4. The number of rotatable bonds is 7. The molecule has 1 aromatic heterocycles. The van der Waals surface area contributed by atoms with E-state index in [1.807, 2.05) is 17.2 Å². The summed E-state index contributed by atoms with van der Waals surface area (Å²) in [5.74, 6) is 2.33. The number of aryl methyl sites for hydroxylation is 1. The molecule has 0 aromatic carbocycles. The number of carbonyl (C=O) groups excluding carboxylic acids is 2. The van der Waals surface area contributed by atoms with E-state index in [2.05, 4.69) is 17.2 Å². The van der Waals surface area contributed by atoms with Gasteiger partial charge in [0.1, 0.15) is 0 Å². The highest BCUT2D eigenvalue weighted by Crippen LogP contribution is 2.60. The summed E-state index contributed by atoms with van der Waals surface area (Å²) in [6, 6.07) is 0. The van der Waals surface area contributed by atoms with Crippen molar-refractivity contribution in [2.75, 3.05) is 18.4 Å². The van der Waals surface area contributed by atoms with Crippen molar-refractivity contribution in [3.8, 4) is 0 Å². The van der Waals surface area contributed by atoms with Crippen LogP contribution < -0.4 is 5.32 Å². The number of unbranched alkanes of at least 4 members (excludes halogenated alkanes) is 1. The Hall–Kier alpha value is -1.43. The summed E-state index contributed by atoms with van der Waals surface area (Å²) in [6.07, 6.45) is 9.09. The number of nitrogens with zero attached hydrogens (tertiary/aromatic N) is 2.